The molecule has 5 rings (SSSR count). The number of ether oxygens (including phenoxy) is 1. The summed E-state index contributed by atoms with van der Waals surface area (Å²) in [7, 11) is 0. The van der Waals surface area contributed by atoms with Crippen molar-refractivity contribution in [2.45, 2.75) is 82.8 Å². The highest BCUT2D eigenvalue weighted by molar-refractivity contribution is 5.18. The summed E-state index contributed by atoms with van der Waals surface area (Å²) >= 11 is 0. The Hall–Kier alpha value is -0.590. The minimum atomic E-state index is -0.415. The van der Waals surface area contributed by atoms with Gasteiger partial charge in [-0.15, -0.1) is 0 Å². The number of hydrogen-bond acceptors (Lipinski definition) is 2. The van der Waals surface area contributed by atoms with Crippen LogP contribution in [0.25, 0.3) is 4.85 Å². The lowest BCUT2D eigenvalue weighted by Crippen LogP contribution is -2.58. The molecule has 1 N–H and O–H groups in total. The molecular formula is C23H35NO2. The molecule has 1 aliphatic heterocycles. The molecule has 4 saturated carbocycles. The monoisotopic (exact) mass is 357 g/mol. The number of hydrogen-bond donors (Lipinski definition) is 1. The highest BCUT2D eigenvalue weighted by Gasteiger charge is 2.66. The second-order valence-corrected chi connectivity index (χ2v) is 11.1. The van der Waals surface area contributed by atoms with E-state index in [-0.39, 0.29) is 5.54 Å². The van der Waals surface area contributed by atoms with Gasteiger partial charge < -0.3 is 14.7 Å². The maximum Gasteiger partial charge on any atom is 0.281 e. The van der Waals surface area contributed by atoms with E-state index in [4.69, 9.17) is 11.3 Å². The Morgan fingerprint density at radius 1 is 0.923 bits per heavy atom. The molecule has 0 spiro atoms. The van der Waals surface area contributed by atoms with Crippen LogP contribution in [0.1, 0.15) is 71.6 Å². The zero-order valence-corrected chi connectivity index (χ0v) is 16.5. The van der Waals surface area contributed by atoms with Crippen molar-refractivity contribution in [3.05, 3.63) is 11.4 Å². The third kappa shape index (κ3) is 2.31. The first kappa shape index (κ1) is 17.5. The second kappa shape index (κ2) is 5.71. The summed E-state index contributed by atoms with van der Waals surface area (Å²) in [5, 5.41) is 10.5. The fourth-order valence-electron chi connectivity index (χ4n) is 8.62. The Bertz CT molecular complexity index is 618. The third-order valence-corrected chi connectivity index (χ3v) is 9.81. The summed E-state index contributed by atoms with van der Waals surface area (Å²) in [5.41, 5.74) is -0.249. The Labute approximate surface area is 158 Å². The van der Waals surface area contributed by atoms with E-state index in [0.29, 0.717) is 24.5 Å². The molecular weight excluding hydrogens is 322 g/mol. The van der Waals surface area contributed by atoms with Crippen molar-refractivity contribution in [2.24, 2.45) is 40.9 Å². The van der Waals surface area contributed by atoms with Gasteiger partial charge >= 0.3 is 0 Å². The zero-order valence-electron chi connectivity index (χ0n) is 16.5. The maximum absolute atomic E-state index is 10.5. The quantitative estimate of drug-likeness (QED) is 0.691. The van der Waals surface area contributed by atoms with Gasteiger partial charge in [0.2, 0.25) is 0 Å². The summed E-state index contributed by atoms with van der Waals surface area (Å²) in [6.07, 6.45) is 11.3. The van der Waals surface area contributed by atoms with Crippen LogP contribution in [0.4, 0.5) is 0 Å². The lowest BCUT2D eigenvalue weighted by Gasteiger charge is -2.57. The van der Waals surface area contributed by atoms with E-state index in [2.05, 4.69) is 18.7 Å². The van der Waals surface area contributed by atoms with Crippen molar-refractivity contribution < 1.29 is 9.84 Å². The Balaban J connectivity index is 1.38. The van der Waals surface area contributed by atoms with E-state index >= 15 is 0 Å². The van der Waals surface area contributed by atoms with Crippen molar-refractivity contribution in [1.29, 1.82) is 0 Å². The van der Waals surface area contributed by atoms with Crippen LogP contribution in [0, 0.1) is 47.5 Å². The molecule has 8 atom stereocenters. The predicted molar refractivity (Wildman–Crippen MR) is 101 cm³/mol. The van der Waals surface area contributed by atoms with E-state index < -0.39 is 5.60 Å². The molecule has 0 aromatic rings. The Morgan fingerprint density at radius 2 is 1.69 bits per heavy atom. The Morgan fingerprint density at radius 3 is 2.38 bits per heavy atom. The molecule has 0 radical (unpaired) electrons. The van der Waals surface area contributed by atoms with Gasteiger partial charge in [-0.25, -0.2) is 6.57 Å². The van der Waals surface area contributed by atoms with Gasteiger partial charge in [-0.05, 0) is 99.7 Å². The van der Waals surface area contributed by atoms with Gasteiger partial charge in [0.1, 0.15) is 13.2 Å². The first-order valence-electron chi connectivity index (χ1n) is 11.1. The first-order valence-corrected chi connectivity index (χ1v) is 11.1. The van der Waals surface area contributed by atoms with Gasteiger partial charge in [-0.3, -0.25) is 0 Å². The van der Waals surface area contributed by atoms with Crippen LogP contribution in [-0.2, 0) is 4.74 Å². The van der Waals surface area contributed by atoms with E-state index in [1.165, 1.54) is 44.9 Å². The summed E-state index contributed by atoms with van der Waals surface area (Å²) in [5.74, 6) is 4.77. The Kier molecular flexibility index (Phi) is 3.84. The molecule has 3 heteroatoms. The lowest BCUT2D eigenvalue weighted by molar-refractivity contribution is -0.126. The van der Waals surface area contributed by atoms with Gasteiger partial charge in [0.15, 0.2) is 0 Å². The molecule has 1 saturated heterocycles. The van der Waals surface area contributed by atoms with Crippen LogP contribution < -0.4 is 0 Å². The van der Waals surface area contributed by atoms with E-state index in [1.54, 1.807) is 0 Å². The summed E-state index contributed by atoms with van der Waals surface area (Å²) in [4.78, 5) is 4.13. The average molecular weight is 358 g/mol. The molecule has 5 aliphatic rings. The fourth-order valence-corrected chi connectivity index (χ4v) is 8.62. The fraction of sp³-hybridized carbons (Fsp3) is 0.957. The lowest BCUT2D eigenvalue weighted by atomic mass is 9.48. The largest absolute Gasteiger partial charge is 0.390 e. The molecule has 3 nitrogen and oxygen atoms in total. The smallest absolute Gasteiger partial charge is 0.281 e. The van der Waals surface area contributed by atoms with Crippen LogP contribution in [0.15, 0.2) is 0 Å². The third-order valence-electron chi connectivity index (χ3n) is 9.81. The van der Waals surface area contributed by atoms with Crippen LogP contribution in [0.5, 0.6) is 0 Å². The van der Waals surface area contributed by atoms with Gasteiger partial charge in [0.25, 0.3) is 5.54 Å². The molecule has 5 fully saturated rings. The standard InChI is InChI=1S/C23H35NO2/c1-21(25)10-8-16-15(12-21)4-5-18-17(16)9-11-22(2)19(18)6-7-20(22)23(24-3)13-26-14-23/h15-20,25H,4-14H2,1-2H3/t15-,16+,17-,18-,19+,20+,21-,22+/m1/s1. The molecule has 0 aromatic carbocycles. The van der Waals surface area contributed by atoms with Crippen molar-refractivity contribution in [3.63, 3.8) is 0 Å². The van der Waals surface area contributed by atoms with Gasteiger partial charge in [-0.2, -0.15) is 0 Å². The first-order chi connectivity index (χ1) is 12.4. The SMILES string of the molecule is [C-]#[N+]C1([C@H]2CC[C@H]3[C@@H]4CC[C@@H]5C[C@](C)(O)CC[C@@H]5[C@H]4CC[C@]23C)COC1. The molecule has 144 valence electrons. The molecule has 4 aliphatic carbocycles. The highest BCUT2D eigenvalue weighted by Crippen LogP contribution is 2.67. The molecule has 0 unspecified atom stereocenters. The number of fused-ring (bicyclic) bond motifs is 5. The van der Waals surface area contributed by atoms with Crippen molar-refractivity contribution in [2.75, 3.05) is 13.2 Å². The van der Waals surface area contributed by atoms with E-state index in [1.807, 2.05) is 0 Å². The average Bonchev–Trinajstić information content (AvgIpc) is 2.91. The van der Waals surface area contributed by atoms with Gasteiger partial charge in [0, 0.05) is 5.92 Å². The number of aliphatic hydroxyl groups is 1. The summed E-state index contributed by atoms with van der Waals surface area (Å²) in [6, 6.07) is 0. The van der Waals surface area contributed by atoms with Crippen LogP contribution >= 0.6 is 0 Å². The number of nitrogens with zero attached hydrogens (tertiary/aromatic N) is 1. The second-order valence-electron chi connectivity index (χ2n) is 11.1. The number of rotatable bonds is 1. The summed E-state index contributed by atoms with van der Waals surface area (Å²) in [6.45, 7) is 13.8. The maximum atomic E-state index is 10.5. The normalized spacial score (nSPS) is 55.0. The van der Waals surface area contributed by atoms with E-state index in [0.717, 1.165) is 42.4 Å². The van der Waals surface area contributed by atoms with Crippen LogP contribution in [-0.4, -0.2) is 29.5 Å². The highest BCUT2D eigenvalue weighted by atomic mass is 16.5. The molecule has 26 heavy (non-hydrogen) atoms. The van der Waals surface area contributed by atoms with Gasteiger partial charge in [-0.1, -0.05) is 6.92 Å². The molecule has 0 aromatic heterocycles. The molecule has 1 heterocycles. The molecule has 0 amide bonds. The minimum absolute atomic E-state index is 0.197. The van der Waals surface area contributed by atoms with Crippen LogP contribution in [0.2, 0.25) is 0 Å². The van der Waals surface area contributed by atoms with Crippen LogP contribution in [0.3, 0.4) is 0 Å². The predicted octanol–water partition coefficient (Wildman–Crippen LogP) is 4.69. The van der Waals surface area contributed by atoms with E-state index in [9.17, 15) is 5.11 Å². The summed E-state index contributed by atoms with van der Waals surface area (Å²) < 4.78 is 5.53. The minimum Gasteiger partial charge on any atom is -0.390 e. The van der Waals surface area contributed by atoms with Crippen molar-refractivity contribution in [1.82, 2.24) is 0 Å². The zero-order chi connectivity index (χ0) is 18.2. The van der Waals surface area contributed by atoms with Gasteiger partial charge in [0.05, 0.1) is 5.60 Å². The van der Waals surface area contributed by atoms with Crippen molar-refractivity contribution >= 4 is 0 Å². The topological polar surface area (TPSA) is 33.8 Å². The van der Waals surface area contributed by atoms with Crippen molar-refractivity contribution in [3.8, 4) is 0 Å². The molecule has 0 bridgehead atoms.